The third-order valence-electron chi connectivity index (χ3n) is 3.55. The minimum Gasteiger partial charge on any atom is -0.329 e. The maximum atomic E-state index is 11.9. The zero-order chi connectivity index (χ0) is 12.7. The molecule has 1 aliphatic carbocycles. The van der Waals surface area contributed by atoms with Crippen LogP contribution in [0.2, 0.25) is 0 Å². The lowest BCUT2D eigenvalue weighted by Crippen LogP contribution is -2.20. The monoisotopic (exact) mass is 261 g/mol. The first-order valence-corrected chi connectivity index (χ1v) is 7.36. The van der Waals surface area contributed by atoms with Crippen LogP contribution < -0.4 is 5.56 Å². The van der Waals surface area contributed by atoms with Gasteiger partial charge in [-0.25, -0.2) is 4.98 Å². The highest BCUT2D eigenvalue weighted by Gasteiger charge is 2.30. The predicted molar refractivity (Wildman–Crippen MR) is 72.1 cm³/mol. The molecule has 1 fully saturated rings. The Morgan fingerprint density at radius 1 is 1.44 bits per heavy atom. The van der Waals surface area contributed by atoms with Crippen molar-refractivity contribution in [3.8, 4) is 11.4 Å². The van der Waals surface area contributed by atoms with Gasteiger partial charge in [-0.05, 0) is 44.1 Å². The van der Waals surface area contributed by atoms with Crippen LogP contribution in [0, 0.1) is 5.92 Å². The summed E-state index contributed by atoms with van der Waals surface area (Å²) in [5.41, 5.74) is 0.435. The molecule has 18 heavy (non-hydrogen) atoms. The molecule has 1 unspecified atom stereocenters. The van der Waals surface area contributed by atoms with Gasteiger partial charge >= 0.3 is 0 Å². The van der Waals surface area contributed by atoms with Crippen molar-refractivity contribution >= 4 is 11.8 Å². The second kappa shape index (κ2) is 4.39. The van der Waals surface area contributed by atoms with E-state index >= 15 is 0 Å². The summed E-state index contributed by atoms with van der Waals surface area (Å²) in [5.74, 6) is 1.49. The summed E-state index contributed by atoms with van der Waals surface area (Å²) in [6.45, 7) is 2.20. The van der Waals surface area contributed by atoms with Gasteiger partial charge in [0.1, 0.15) is 5.82 Å². The van der Waals surface area contributed by atoms with E-state index in [1.807, 2.05) is 18.5 Å². The molecule has 0 spiro atoms. The molecule has 3 rings (SSSR count). The Bertz CT molecular complexity index is 606. The predicted octanol–water partition coefficient (Wildman–Crippen LogP) is 2.44. The third kappa shape index (κ3) is 1.92. The lowest BCUT2D eigenvalue weighted by Gasteiger charge is -2.20. The van der Waals surface area contributed by atoms with Crippen molar-refractivity contribution in [3.63, 3.8) is 0 Å². The second-order valence-electron chi connectivity index (χ2n) is 4.75. The summed E-state index contributed by atoms with van der Waals surface area (Å²) in [6, 6.07) is 4.11. The van der Waals surface area contributed by atoms with Crippen molar-refractivity contribution in [2.24, 2.45) is 5.92 Å². The van der Waals surface area contributed by atoms with Gasteiger partial charge in [-0.1, -0.05) is 11.8 Å². The molecule has 0 bridgehead atoms. The van der Waals surface area contributed by atoms with Crippen molar-refractivity contribution in [2.75, 3.05) is 6.26 Å². The largest absolute Gasteiger partial charge is 0.329 e. The van der Waals surface area contributed by atoms with Crippen molar-refractivity contribution in [2.45, 2.75) is 31.0 Å². The lowest BCUT2D eigenvalue weighted by molar-refractivity contribution is 0.481. The number of hydrogen-bond donors (Lipinski definition) is 0. The Labute approximate surface area is 110 Å². The topological polar surface area (TPSA) is 47.8 Å². The average molecular weight is 261 g/mol. The van der Waals surface area contributed by atoms with Crippen LogP contribution in [0.3, 0.4) is 0 Å². The highest BCUT2D eigenvalue weighted by Crippen LogP contribution is 2.40. The Hall–Kier alpha value is -1.36. The van der Waals surface area contributed by atoms with Crippen LogP contribution >= 0.6 is 11.8 Å². The van der Waals surface area contributed by atoms with Crippen LogP contribution in [-0.4, -0.2) is 20.8 Å². The van der Waals surface area contributed by atoms with Crippen molar-refractivity contribution < 1.29 is 0 Å². The standard InChI is InChI=1S/C13H15N3OS/c1-8(9-5-6-9)16-7-3-4-10-11(16)14-13(18-2)15-12(10)17/h3-4,7-9H,5-6H2,1-2H3. The molecule has 0 saturated heterocycles. The molecule has 0 aromatic carbocycles. The summed E-state index contributed by atoms with van der Waals surface area (Å²) in [4.78, 5) is 20.4. The maximum Gasteiger partial charge on any atom is 0.283 e. The van der Waals surface area contributed by atoms with Gasteiger partial charge in [-0.2, -0.15) is 4.98 Å². The van der Waals surface area contributed by atoms with Gasteiger partial charge in [-0.3, -0.25) is 4.79 Å². The molecule has 0 amide bonds. The molecule has 94 valence electrons. The number of rotatable bonds is 3. The molecule has 2 aliphatic heterocycles. The van der Waals surface area contributed by atoms with Gasteiger partial charge < -0.3 is 4.57 Å². The first kappa shape index (κ1) is 11.7. The highest BCUT2D eigenvalue weighted by molar-refractivity contribution is 7.98. The Morgan fingerprint density at radius 2 is 2.22 bits per heavy atom. The SMILES string of the molecule is CSc1nc2n(C(C)C3CC3)cccc-2c(=O)n1. The molecule has 1 saturated carbocycles. The van der Waals surface area contributed by atoms with Crippen LogP contribution in [0.4, 0.5) is 0 Å². The smallest absolute Gasteiger partial charge is 0.283 e. The van der Waals surface area contributed by atoms with Crippen LogP contribution in [0.5, 0.6) is 0 Å². The van der Waals surface area contributed by atoms with E-state index in [9.17, 15) is 4.79 Å². The summed E-state index contributed by atoms with van der Waals surface area (Å²) < 4.78 is 2.12. The van der Waals surface area contributed by atoms with Gasteiger partial charge in [0.05, 0.1) is 5.56 Å². The quantitative estimate of drug-likeness (QED) is 0.629. The minimum atomic E-state index is -0.179. The van der Waals surface area contributed by atoms with Crippen molar-refractivity contribution in [3.05, 3.63) is 28.7 Å². The van der Waals surface area contributed by atoms with Gasteiger partial charge in [0.25, 0.3) is 5.56 Å². The maximum absolute atomic E-state index is 11.9. The van der Waals surface area contributed by atoms with Gasteiger partial charge in [0.2, 0.25) is 0 Å². The van der Waals surface area contributed by atoms with Crippen molar-refractivity contribution in [1.82, 2.24) is 14.5 Å². The number of thioether (sulfide) groups is 1. The second-order valence-corrected chi connectivity index (χ2v) is 5.52. The normalized spacial score (nSPS) is 17.0. The zero-order valence-corrected chi connectivity index (χ0v) is 11.3. The third-order valence-corrected chi connectivity index (χ3v) is 4.10. The van der Waals surface area contributed by atoms with Gasteiger partial charge in [-0.15, -0.1) is 0 Å². The lowest BCUT2D eigenvalue weighted by atomic mass is 10.1. The molecule has 3 aliphatic rings. The van der Waals surface area contributed by atoms with E-state index in [4.69, 9.17) is 0 Å². The van der Waals surface area contributed by atoms with E-state index in [0.717, 1.165) is 11.7 Å². The molecule has 4 nitrogen and oxygen atoms in total. The zero-order valence-electron chi connectivity index (χ0n) is 10.5. The number of pyridine rings is 1. The van der Waals surface area contributed by atoms with E-state index in [0.29, 0.717) is 16.8 Å². The molecule has 0 radical (unpaired) electrons. The van der Waals surface area contributed by atoms with Crippen LogP contribution in [0.25, 0.3) is 11.4 Å². The van der Waals surface area contributed by atoms with E-state index < -0.39 is 0 Å². The van der Waals surface area contributed by atoms with E-state index in [-0.39, 0.29) is 5.56 Å². The molecule has 2 heterocycles. The summed E-state index contributed by atoms with van der Waals surface area (Å²) in [6.07, 6.45) is 6.45. The Balaban J connectivity index is 2.19. The summed E-state index contributed by atoms with van der Waals surface area (Å²) in [7, 11) is 0. The van der Waals surface area contributed by atoms with Crippen LogP contribution in [-0.2, 0) is 0 Å². The fourth-order valence-electron chi connectivity index (χ4n) is 2.29. The Kier molecular flexibility index (Phi) is 2.86. The highest BCUT2D eigenvalue weighted by atomic mass is 32.2. The fraction of sp³-hybridized carbons (Fsp3) is 0.462. The first-order chi connectivity index (χ1) is 8.70. The molecule has 0 aromatic rings. The van der Waals surface area contributed by atoms with E-state index in [1.54, 1.807) is 6.07 Å². The number of aromatic nitrogens is 3. The molecule has 0 aromatic heterocycles. The number of nitrogens with zero attached hydrogens (tertiary/aromatic N) is 3. The minimum absolute atomic E-state index is 0.179. The van der Waals surface area contributed by atoms with Crippen LogP contribution in [0.15, 0.2) is 28.3 Å². The van der Waals surface area contributed by atoms with Gasteiger partial charge in [0, 0.05) is 12.2 Å². The molecule has 1 atom stereocenters. The molecular weight excluding hydrogens is 246 g/mol. The van der Waals surface area contributed by atoms with Crippen molar-refractivity contribution in [1.29, 1.82) is 0 Å². The number of fused-ring (bicyclic) bond motifs is 1. The Morgan fingerprint density at radius 3 is 2.89 bits per heavy atom. The first-order valence-electron chi connectivity index (χ1n) is 6.13. The van der Waals surface area contributed by atoms with Gasteiger partial charge in [0.15, 0.2) is 5.16 Å². The molecular formula is C13H15N3OS. The van der Waals surface area contributed by atoms with Crippen LogP contribution in [0.1, 0.15) is 25.8 Å². The fourth-order valence-corrected chi connectivity index (χ4v) is 2.64. The van der Waals surface area contributed by atoms with E-state index in [1.165, 1.54) is 24.6 Å². The molecule has 0 N–H and O–H groups in total. The summed E-state index contributed by atoms with van der Waals surface area (Å²) in [5, 5.41) is 0.551. The average Bonchev–Trinajstić information content (AvgIpc) is 3.21. The number of hydrogen-bond acceptors (Lipinski definition) is 4. The summed E-state index contributed by atoms with van der Waals surface area (Å²) >= 11 is 1.41. The molecule has 5 heteroatoms. The van der Waals surface area contributed by atoms with E-state index in [2.05, 4.69) is 21.5 Å².